The third-order valence-electron chi connectivity index (χ3n) is 5.74. The number of nitrogens with one attached hydrogen (secondary N) is 1. The zero-order chi connectivity index (χ0) is 26.3. The molecule has 0 aliphatic heterocycles. The van der Waals surface area contributed by atoms with Crippen molar-refractivity contribution in [1.29, 1.82) is 0 Å². The summed E-state index contributed by atoms with van der Waals surface area (Å²) in [5.41, 5.74) is 2.31. The molecule has 0 unspecified atom stereocenters. The normalized spacial score (nSPS) is 12.2. The van der Waals surface area contributed by atoms with Crippen LogP contribution < -0.4 is 19.5 Å². The van der Waals surface area contributed by atoms with Crippen LogP contribution in [-0.2, 0) is 21.4 Å². The maximum atomic E-state index is 13.7. The highest BCUT2D eigenvalue weighted by molar-refractivity contribution is 7.89. The van der Waals surface area contributed by atoms with Crippen molar-refractivity contribution in [1.82, 2.24) is 9.62 Å². The van der Waals surface area contributed by atoms with Crippen molar-refractivity contribution >= 4 is 15.9 Å². The Bertz CT molecular complexity index is 1290. The van der Waals surface area contributed by atoms with E-state index in [1.54, 1.807) is 44.4 Å². The molecule has 0 aliphatic carbocycles. The van der Waals surface area contributed by atoms with E-state index in [2.05, 4.69) is 5.32 Å². The second-order valence-corrected chi connectivity index (χ2v) is 10.2. The summed E-state index contributed by atoms with van der Waals surface area (Å²) in [6, 6.07) is 19.0. The van der Waals surface area contributed by atoms with E-state index in [1.807, 2.05) is 43.3 Å². The van der Waals surface area contributed by atoms with Crippen LogP contribution in [0.1, 0.15) is 29.7 Å². The monoisotopic (exact) mass is 512 g/mol. The third kappa shape index (κ3) is 6.35. The van der Waals surface area contributed by atoms with Crippen LogP contribution in [0.2, 0.25) is 0 Å². The van der Waals surface area contributed by atoms with Crippen LogP contribution >= 0.6 is 0 Å². The van der Waals surface area contributed by atoms with Crippen LogP contribution in [-0.4, -0.2) is 46.5 Å². The molecule has 0 bridgehead atoms. The van der Waals surface area contributed by atoms with E-state index in [1.165, 1.54) is 14.2 Å². The van der Waals surface area contributed by atoms with Gasteiger partial charge in [-0.1, -0.05) is 42.5 Å². The molecule has 0 saturated carbocycles. The molecule has 0 heterocycles. The van der Waals surface area contributed by atoms with Crippen molar-refractivity contribution in [3.63, 3.8) is 0 Å². The Hall–Kier alpha value is -3.56. The van der Waals surface area contributed by atoms with Gasteiger partial charge in [0.1, 0.15) is 10.6 Å². The Balaban J connectivity index is 1.88. The first kappa shape index (κ1) is 27.0. The molecule has 0 fully saturated rings. The number of benzene rings is 3. The highest BCUT2D eigenvalue weighted by atomic mass is 32.2. The molecule has 1 N–H and O–H groups in total. The lowest BCUT2D eigenvalue weighted by Crippen LogP contribution is -2.41. The maximum absolute atomic E-state index is 13.7. The molecule has 36 heavy (non-hydrogen) atoms. The molecule has 3 aromatic rings. The zero-order valence-corrected chi connectivity index (χ0v) is 22.0. The van der Waals surface area contributed by atoms with Crippen LogP contribution in [0, 0.1) is 6.92 Å². The van der Waals surface area contributed by atoms with E-state index in [4.69, 9.17) is 14.2 Å². The van der Waals surface area contributed by atoms with Gasteiger partial charge in [-0.25, -0.2) is 8.42 Å². The minimum absolute atomic E-state index is 0.0154. The standard InChI is InChI=1S/C27H32N2O6S/c1-19-11-13-24(34-4)26(15-19)36(31,32)29(17-21-9-7-6-8-10-21)18-27(30)28-20(2)22-12-14-23(33-3)25(16-22)35-5/h6-16,20H,17-18H2,1-5H3,(H,28,30)/t20-/m1/s1. The Labute approximate surface area is 212 Å². The van der Waals surface area contributed by atoms with Crippen molar-refractivity contribution in [2.75, 3.05) is 27.9 Å². The highest BCUT2D eigenvalue weighted by Crippen LogP contribution is 2.31. The number of carbonyl (C=O) groups excluding carboxylic acids is 1. The van der Waals surface area contributed by atoms with E-state index in [0.29, 0.717) is 11.5 Å². The Morgan fingerprint density at radius 3 is 2.17 bits per heavy atom. The van der Waals surface area contributed by atoms with Gasteiger partial charge in [-0.15, -0.1) is 0 Å². The molecule has 192 valence electrons. The topological polar surface area (TPSA) is 94.2 Å². The Morgan fingerprint density at radius 1 is 0.889 bits per heavy atom. The van der Waals surface area contributed by atoms with Crippen LogP contribution in [0.3, 0.4) is 0 Å². The van der Waals surface area contributed by atoms with Gasteiger partial charge in [0.05, 0.1) is 33.9 Å². The largest absolute Gasteiger partial charge is 0.495 e. The summed E-state index contributed by atoms with van der Waals surface area (Å²) in [6.45, 7) is 3.28. The van der Waals surface area contributed by atoms with Crippen LogP contribution in [0.4, 0.5) is 0 Å². The second kappa shape index (κ2) is 11.9. The summed E-state index contributed by atoms with van der Waals surface area (Å²) in [6.07, 6.45) is 0. The lowest BCUT2D eigenvalue weighted by atomic mass is 10.1. The van der Waals surface area contributed by atoms with E-state index >= 15 is 0 Å². The van der Waals surface area contributed by atoms with Crippen molar-refractivity contribution in [2.45, 2.75) is 31.3 Å². The Kier molecular flexibility index (Phi) is 8.95. The fraction of sp³-hybridized carbons (Fsp3) is 0.296. The van der Waals surface area contributed by atoms with Gasteiger partial charge >= 0.3 is 0 Å². The summed E-state index contributed by atoms with van der Waals surface area (Å²) < 4.78 is 44.6. The molecule has 0 radical (unpaired) electrons. The molecule has 0 saturated heterocycles. The van der Waals surface area contributed by atoms with E-state index in [-0.39, 0.29) is 23.7 Å². The highest BCUT2D eigenvalue weighted by Gasteiger charge is 2.30. The van der Waals surface area contributed by atoms with E-state index < -0.39 is 22.0 Å². The summed E-state index contributed by atoms with van der Waals surface area (Å²) >= 11 is 0. The van der Waals surface area contributed by atoms with Crippen molar-refractivity contribution in [2.24, 2.45) is 0 Å². The molecule has 8 nitrogen and oxygen atoms in total. The summed E-state index contributed by atoms with van der Waals surface area (Å²) in [5, 5.41) is 2.89. The lowest BCUT2D eigenvalue weighted by Gasteiger charge is -2.24. The van der Waals surface area contributed by atoms with Gasteiger partial charge in [-0.3, -0.25) is 4.79 Å². The molecule has 3 rings (SSSR count). The summed E-state index contributed by atoms with van der Waals surface area (Å²) in [5.74, 6) is 0.893. The number of methoxy groups -OCH3 is 3. The summed E-state index contributed by atoms with van der Waals surface area (Å²) in [4.78, 5) is 13.1. The molecule has 1 atom stereocenters. The number of hydrogen-bond acceptors (Lipinski definition) is 6. The summed E-state index contributed by atoms with van der Waals surface area (Å²) in [7, 11) is 0.438. The quantitative estimate of drug-likeness (QED) is 0.416. The van der Waals surface area contributed by atoms with Crippen LogP contribution in [0.15, 0.2) is 71.6 Å². The minimum atomic E-state index is -4.07. The predicted octanol–water partition coefficient (Wildman–Crippen LogP) is 4.09. The van der Waals surface area contributed by atoms with Crippen molar-refractivity contribution < 1.29 is 27.4 Å². The molecular formula is C27H32N2O6S. The number of amides is 1. The van der Waals surface area contributed by atoms with Crippen LogP contribution in [0.25, 0.3) is 0 Å². The molecular weight excluding hydrogens is 480 g/mol. The van der Waals surface area contributed by atoms with Crippen molar-refractivity contribution in [3.8, 4) is 17.2 Å². The smallest absolute Gasteiger partial charge is 0.247 e. The molecule has 9 heteroatoms. The zero-order valence-electron chi connectivity index (χ0n) is 21.1. The number of aryl methyl sites for hydroxylation is 1. The Morgan fingerprint density at radius 2 is 1.53 bits per heavy atom. The first-order valence-corrected chi connectivity index (χ1v) is 12.8. The van der Waals surface area contributed by atoms with E-state index in [9.17, 15) is 13.2 Å². The van der Waals surface area contributed by atoms with Gasteiger partial charge < -0.3 is 19.5 Å². The number of hydrogen-bond donors (Lipinski definition) is 1. The molecule has 1 amide bonds. The van der Waals surface area contributed by atoms with Crippen LogP contribution in [0.5, 0.6) is 17.2 Å². The fourth-order valence-corrected chi connectivity index (χ4v) is 5.42. The molecule has 0 aromatic heterocycles. The number of carbonyl (C=O) groups is 1. The van der Waals surface area contributed by atoms with Gasteiger partial charge in [0, 0.05) is 6.54 Å². The first-order chi connectivity index (χ1) is 17.2. The minimum Gasteiger partial charge on any atom is -0.495 e. The first-order valence-electron chi connectivity index (χ1n) is 11.4. The second-order valence-electron chi connectivity index (χ2n) is 8.32. The maximum Gasteiger partial charge on any atom is 0.247 e. The SMILES string of the molecule is COc1ccc([C@@H](C)NC(=O)CN(Cc2ccccc2)S(=O)(=O)c2cc(C)ccc2OC)cc1OC. The number of nitrogens with zero attached hydrogens (tertiary/aromatic N) is 1. The number of rotatable bonds is 11. The average molecular weight is 513 g/mol. The van der Waals surface area contributed by atoms with Gasteiger partial charge in [0.2, 0.25) is 15.9 Å². The predicted molar refractivity (Wildman–Crippen MR) is 138 cm³/mol. The lowest BCUT2D eigenvalue weighted by molar-refractivity contribution is -0.122. The van der Waals surface area contributed by atoms with E-state index in [0.717, 1.165) is 21.0 Å². The average Bonchev–Trinajstić information content (AvgIpc) is 2.88. The van der Waals surface area contributed by atoms with Gasteiger partial charge in [-0.2, -0.15) is 4.31 Å². The molecule has 3 aromatic carbocycles. The number of sulfonamides is 1. The third-order valence-corrected chi connectivity index (χ3v) is 7.56. The number of ether oxygens (including phenoxy) is 3. The van der Waals surface area contributed by atoms with Gasteiger partial charge in [0.15, 0.2) is 11.5 Å². The van der Waals surface area contributed by atoms with Gasteiger partial charge in [0.25, 0.3) is 0 Å². The molecule has 0 aliphatic rings. The van der Waals surface area contributed by atoms with Gasteiger partial charge in [-0.05, 0) is 54.8 Å². The molecule has 0 spiro atoms. The fourth-order valence-electron chi connectivity index (χ4n) is 3.79. The van der Waals surface area contributed by atoms with Crippen molar-refractivity contribution in [3.05, 3.63) is 83.4 Å².